The van der Waals surface area contributed by atoms with E-state index in [4.69, 9.17) is 5.11 Å². The Morgan fingerprint density at radius 1 is 1.38 bits per heavy atom. The van der Waals surface area contributed by atoms with Crippen molar-refractivity contribution in [1.82, 2.24) is 0 Å². The van der Waals surface area contributed by atoms with Gasteiger partial charge < -0.3 is 5.11 Å². The molecule has 0 saturated heterocycles. The van der Waals surface area contributed by atoms with E-state index < -0.39 is 0 Å². The molecule has 1 rings (SSSR count). The summed E-state index contributed by atoms with van der Waals surface area (Å²) in [5.74, 6) is 5.65. The Kier molecular flexibility index (Phi) is 1.93. The zero-order chi connectivity index (χ0) is 5.82. The van der Waals surface area contributed by atoms with Crippen molar-refractivity contribution in [2.24, 2.45) is 0 Å². The quantitative estimate of drug-likeness (QED) is 0.460. The Morgan fingerprint density at radius 2 is 2.25 bits per heavy atom. The lowest BCUT2D eigenvalue weighted by Crippen LogP contribution is -1.99. The van der Waals surface area contributed by atoms with Crippen molar-refractivity contribution in [3.8, 4) is 11.8 Å². The van der Waals surface area contributed by atoms with Gasteiger partial charge in [0.1, 0.15) is 6.10 Å². The molecule has 1 atom stereocenters. The van der Waals surface area contributed by atoms with E-state index in [9.17, 15) is 0 Å². The normalized spacial score (nSPS) is 27.9. The second-order valence-corrected chi connectivity index (χ2v) is 2.08. The SMILES string of the molecule is OC1C#CCCCC1. The van der Waals surface area contributed by atoms with E-state index in [1.165, 1.54) is 0 Å². The lowest BCUT2D eigenvalue weighted by Gasteiger charge is -1.96. The Labute approximate surface area is 49.7 Å². The highest BCUT2D eigenvalue weighted by Gasteiger charge is 1.99. The predicted molar refractivity (Wildman–Crippen MR) is 32.3 cm³/mol. The van der Waals surface area contributed by atoms with Crippen LogP contribution in [0.2, 0.25) is 0 Å². The molecule has 0 fully saturated rings. The molecule has 1 nitrogen and oxygen atoms in total. The van der Waals surface area contributed by atoms with Crippen molar-refractivity contribution in [2.45, 2.75) is 31.8 Å². The molecule has 1 unspecified atom stereocenters. The van der Waals surface area contributed by atoms with Gasteiger partial charge in [0.05, 0.1) is 0 Å². The van der Waals surface area contributed by atoms with Crippen LogP contribution >= 0.6 is 0 Å². The minimum atomic E-state index is -0.336. The molecule has 8 heavy (non-hydrogen) atoms. The minimum Gasteiger partial charge on any atom is -0.380 e. The van der Waals surface area contributed by atoms with Crippen LogP contribution in [-0.2, 0) is 0 Å². The molecule has 0 radical (unpaired) electrons. The van der Waals surface area contributed by atoms with Gasteiger partial charge in [0, 0.05) is 6.42 Å². The van der Waals surface area contributed by atoms with Gasteiger partial charge in [-0.05, 0) is 19.3 Å². The molecule has 0 aromatic rings. The van der Waals surface area contributed by atoms with Crippen molar-refractivity contribution in [1.29, 1.82) is 0 Å². The minimum absolute atomic E-state index is 0.336. The lowest BCUT2D eigenvalue weighted by atomic mass is 10.2. The summed E-state index contributed by atoms with van der Waals surface area (Å²) in [6.45, 7) is 0. The fourth-order valence-electron chi connectivity index (χ4n) is 0.813. The van der Waals surface area contributed by atoms with Gasteiger partial charge in [-0.15, -0.1) is 5.92 Å². The average Bonchev–Trinajstić information content (AvgIpc) is 1.94. The highest BCUT2D eigenvalue weighted by atomic mass is 16.3. The molecule has 1 N–H and O–H groups in total. The summed E-state index contributed by atoms with van der Waals surface area (Å²) in [7, 11) is 0. The van der Waals surface area contributed by atoms with Crippen LogP contribution in [-0.4, -0.2) is 11.2 Å². The van der Waals surface area contributed by atoms with Gasteiger partial charge in [-0.1, -0.05) is 5.92 Å². The number of aliphatic hydroxyl groups excluding tert-OH is 1. The van der Waals surface area contributed by atoms with Crippen LogP contribution in [0, 0.1) is 11.8 Å². The smallest absolute Gasteiger partial charge is 0.114 e. The molecule has 0 spiro atoms. The predicted octanol–water partition coefficient (Wildman–Crippen LogP) is 0.925. The molecule has 1 aliphatic carbocycles. The zero-order valence-electron chi connectivity index (χ0n) is 4.85. The second kappa shape index (κ2) is 2.74. The third-order valence-corrected chi connectivity index (χ3v) is 1.30. The topological polar surface area (TPSA) is 20.2 Å². The van der Waals surface area contributed by atoms with Gasteiger partial charge >= 0.3 is 0 Å². The molecule has 0 amide bonds. The first-order valence-corrected chi connectivity index (χ1v) is 3.06. The number of hydrogen-bond donors (Lipinski definition) is 1. The molecule has 44 valence electrons. The number of aliphatic hydroxyl groups is 1. The molecule has 0 aromatic carbocycles. The van der Waals surface area contributed by atoms with E-state index in [2.05, 4.69) is 11.8 Å². The van der Waals surface area contributed by atoms with Crippen molar-refractivity contribution < 1.29 is 5.11 Å². The molecular weight excluding hydrogens is 100 g/mol. The zero-order valence-corrected chi connectivity index (χ0v) is 4.85. The van der Waals surface area contributed by atoms with E-state index in [-0.39, 0.29) is 6.10 Å². The fraction of sp³-hybridized carbons (Fsp3) is 0.714. The van der Waals surface area contributed by atoms with Crippen LogP contribution in [0.15, 0.2) is 0 Å². The Balaban J connectivity index is 2.39. The van der Waals surface area contributed by atoms with Gasteiger partial charge in [-0.2, -0.15) is 0 Å². The maximum atomic E-state index is 8.92. The summed E-state index contributed by atoms with van der Waals surface area (Å²) >= 11 is 0. The van der Waals surface area contributed by atoms with Gasteiger partial charge in [0.15, 0.2) is 0 Å². The number of hydrogen-bond acceptors (Lipinski definition) is 1. The summed E-state index contributed by atoms with van der Waals surface area (Å²) in [6, 6.07) is 0. The van der Waals surface area contributed by atoms with Gasteiger partial charge in [0.25, 0.3) is 0 Å². The van der Waals surface area contributed by atoms with Gasteiger partial charge in [-0.3, -0.25) is 0 Å². The Morgan fingerprint density at radius 3 is 3.12 bits per heavy atom. The highest BCUT2D eigenvalue weighted by Crippen LogP contribution is 2.05. The molecule has 0 aromatic heterocycles. The first-order valence-electron chi connectivity index (χ1n) is 3.06. The Bertz CT molecular complexity index is 118. The van der Waals surface area contributed by atoms with E-state index in [0.717, 1.165) is 25.7 Å². The maximum absolute atomic E-state index is 8.92. The van der Waals surface area contributed by atoms with Crippen molar-refractivity contribution in [3.63, 3.8) is 0 Å². The molecule has 0 heterocycles. The van der Waals surface area contributed by atoms with E-state index >= 15 is 0 Å². The highest BCUT2D eigenvalue weighted by molar-refractivity contribution is 5.05. The van der Waals surface area contributed by atoms with Crippen LogP contribution < -0.4 is 0 Å². The number of rotatable bonds is 0. The molecule has 1 aliphatic rings. The fourth-order valence-corrected chi connectivity index (χ4v) is 0.813. The van der Waals surface area contributed by atoms with E-state index in [1.54, 1.807) is 0 Å². The molecule has 0 saturated carbocycles. The molecular formula is C7H10O. The third-order valence-electron chi connectivity index (χ3n) is 1.30. The average molecular weight is 110 g/mol. The molecule has 0 aliphatic heterocycles. The van der Waals surface area contributed by atoms with E-state index in [0.29, 0.717) is 0 Å². The first kappa shape index (κ1) is 5.65. The van der Waals surface area contributed by atoms with Crippen molar-refractivity contribution in [3.05, 3.63) is 0 Å². The summed E-state index contributed by atoms with van der Waals surface area (Å²) in [4.78, 5) is 0. The van der Waals surface area contributed by atoms with E-state index in [1.807, 2.05) is 0 Å². The summed E-state index contributed by atoms with van der Waals surface area (Å²) in [6.07, 6.45) is 3.77. The standard InChI is InChI=1S/C7H10O/c8-7-5-3-1-2-4-6-7/h7-8H,1-3,5H2. The van der Waals surface area contributed by atoms with Gasteiger partial charge in [0.2, 0.25) is 0 Å². The summed E-state index contributed by atoms with van der Waals surface area (Å²) in [5, 5.41) is 8.92. The monoisotopic (exact) mass is 110 g/mol. The van der Waals surface area contributed by atoms with Crippen molar-refractivity contribution >= 4 is 0 Å². The maximum Gasteiger partial charge on any atom is 0.114 e. The lowest BCUT2D eigenvalue weighted by molar-refractivity contribution is 0.219. The van der Waals surface area contributed by atoms with Crippen LogP contribution in [0.3, 0.4) is 0 Å². The summed E-state index contributed by atoms with van der Waals surface area (Å²) < 4.78 is 0. The third kappa shape index (κ3) is 1.55. The largest absolute Gasteiger partial charge is 0.380 e. The van der Waals surface area contributed by atoms with Gasteiger partial charge in [-0.25, -0.2) is 0 Å². The van der Waals surface area contributed by atoms with Crippen LogP contribution in [0.5, 0.6) is 0 Å². The molecule has 1 heteroatoms. The Hall–Kier alpha value is -0.480. The first-order chi connectivity index (χ1) is 3.89. The van der Waals surface area contributed by atoms with Crippen molar-refractivity contribution in [2.75, 3.05) is 0 Å². The second-order valence-electron chi connectivity index (χ2n) is 2.08. The summed E-state index contributed by atoms with van der Waals surface area (Å²) in [5.41, 5.74) is 0. The van der Waals surface area contributed by atoms with Crippen LogP contribution in [0.1, 0.15) is 25.7 Å². The van der Waals surface area contributed by atoms with Crippen LogP contribution in [0.4, 0.5) is 0 Å². The van der Waals surface area contributed by atoms with Crippen LogP contribution in [0.25, 0.3) is 0 Å². The molecule has 0 bridgehead atoms.